The first-order chi connectivity index (χ1) is 9.17. The Morgan fingerprint density at radius 1 is 1.32 bits per heavy atom. The van der Waals surface area contributed by atoms with Gasteiger partial charge in [-0.05, 0) is 24.6 Å². The number of benzene rings is 1. The lowest BCUT2D eigenvalue weighted by atomic mass is 10.1. The van der Waals surface area contributed by atoms with Crippen LogP contribution in [0.15, 0.2) is 30.5 Å². The predicted molar refractivity (Wildman–Crippen MR) is 73.1 cm³/mol. The van der Waals surface area contributed by atoms with Crippen LogP contribution in [0.1, 0.15) is 17.4 Å². The topological polar surface area (TPSA) is 77.3 Å². The van der Waals surface area contributed by atoms with Crippen LogP contribution in [0.4, 0.5) is 5.69 Å². The Labute approximate surface area is 111 Å². The molecule has 0 aliphatic rings. The van der Waals surface area contributed by atoms with Crippen molar-refractivity contribution in [3.8, 4) is 16.9 Å². The second kappa shape index (κ2) is 5.48. The fourth-order valence-electron chi connectivity index (χ4n) is 1.82. The number of rotatable bonds is 4. The van der Waals surface area contributed by atoms with Gasteiger partial charge in [-0.25, -0.2) is 4.79 Å². The molecule has 0 saturated heterocycles. The van der Waals surface area contributed by atoms with Crippen molar-refractivity contribution in [3.05, 3.63) is 36.2 Å². The second-order valence-electron chi connectivity index (χ2n) is 3.94. The Balaban J connectivity index is 2.32. The zero-order chi connectivity index (χ0) is 13.8. The van der Waals surface area contributed by atoms with Crippen molar-refractivity contribution >= 4 is 11.7 Å². The molecule has 0 aliphatic carbocycles. The molecule has 1 aromatic carbocycles. The van der Waals surface area contributed by atoms with Gasteiger partial charge < -0.3 is 20.2 Å². The molecule has 0 radical (unpaired) electrons. The van der Waals surface area contributed by atoms with E-state index in [1.54, 1.807) is 20.2 Å². The van der Waals surface area contributed by atoms with E-state index in [9.17, 15) is 4.79 Å². The lowest BCUT2D eigenvalue weighted by Crippen LogP contribution is -2.07. The number of nitrogens with two attached hydrogens (primary N) is 1. The van der Waals surface area contributed by atoms with E-state index >= 15 is 0 Å². The second-order valence-corrected chi connectivity index (χ2v) is 3.94. The summed E-state index contributed by atoms with van der Waals surface area (Å²) in [7, 11) is 1.61. The first kappa shape index (κ1) is 13.0. The largest absolute Gasteiger partial charge is 0.497 e. The molecule has 19 heavy (non-hydrogen) atoms. The first-order valence-corrected chi connectivity index (χ1v) is 5.95. The molecular weight excluding hydrogens is 244 g/mol. The molecule has 0 spiro atoms. The Morgan fingerprint density at radius 3 is 2.58 bits per heavy atom. The zero-order valence-corrected chi connectivity index (χ0v) is 10.9. The van der Waals surface area contributed by atoms with Crippen LogP contribution in [0.5, 0.6) is 5.75 Å². The van der Waals surface area contributed by atoms with Gasteiger partial charge in [-0.15, -0.1) is 0 Å². The summed E-state index contributed by atoms with van der Waals surface area (Å²) in [6.07, 6.45) is 1.70. The molecule has 0 atom stereocenters. The van der Waals surface area contributed by atoms with E-state index in [0.29, 0.717) is 12.3 Å². The number of hydrogen-bond acceptors (Lipinski definition) is 4. The number of nitrogen functional groups attached to an aromatic ring is 1. The predicted octanol–water partition coefficient (Wildman–Crippen LogP) is 2.45. The van der Waals surface area contributed by atoms with E-state index < -0.39 is 5.97 Å². The summed E-state index contributed by atoms with van der Waals surface area (Å²) in [6, 6.07) is 7.44. The number of esters is 1. The van der Waals surface area contributed by atoms with Gasteiger partial charge >= 0.3 is 5.97 Å². The third-order valence-corrected chi connectivity index (χ3v) is 2.80. The molecule has 0 fully saturated rings. The number of hydrogen-bond donors (Lipinski definition) is 2. The van der Waals surface area contributed by atoms with Crippen LogP contribution < -0.4 is 10.5 Å². The smallest absolute Gasteiger partial charge is 0.356 e. The fraction of sp³-hybridized carbons (Fsp3) is 0.214. The Bertz CT molecular complexity index is 573. The van der Waals surface area contributed by atoms with Crippen molar-refractivity contribution in [1.29, 1.82) is 0 Å². The summed E-state index contributed by atoms with van der Waals surface area (Å²) >= 11 is 0. The average Bonchev–Trinajstić information content (AvgIpc) is 2.81. The van der Waals surface area contributed by atoms with Crippen LogP contribution in [0.25, 0.3) is 11.1 Å². The lowest BCUT2D eigenvalue weighted by Gasteiger charge is -2.04. The summed E-state index contributed by atoms with van der Waals surface area (Å²) in [5, 5.41) is 0. The highest BCUT2D eigenvalue weighted by Gasteiger charge is 2.16. The van der Waals surface area contributed by atoms with Crippen molar-refractivity contribution in [3.63, 3.8) is 0 Å². The lowest BCUT2D eigenvalue weighted by molar-refractivity contribution is 0.0521. The molecule has 1 aromatic heterocycles. The molecule has 100 valence electrons. The molecule has 0 amide bonds. The van der Waals surface area contributed by atoms with Crippen LogP contribution in [0, 0.1) is 0 Å². The number of aromatic nitrogens is 1. The maximum atomic E-state index is 11.7. The van der Waals surface area contributed by atoms with E-state index in [1.165, 1.54) is 0 Å². The SMILES string of the molecule is CCOC(=O)c1[nH]cc(-c2ccc(OC)cc2)c1N. The van der Waals surface area contributed by atoms with E-state index in [0.717, 1.165) is 16.9 Å². The molecule has 2 rings (SSSR count). The number of methoxy groups -OCH3 is 1. The van der Waals surface area contributed by atoms with Gasteiger partial charge in [0.1, 0.15) is 11.4 Å². The minimum absolute atomic E-state index is 0.285. The number of carbonyl (C=O) groups excluding carboxylic acids is 1. The zero-order valence-electron chi connectivity index (χ0n) is 10.9. The van der Waals surface area contributed by atoms with E-state index in [4.69, 9.17) is 15.2 Å². The van der Waals surface area contributed by atoms with Gasteiger partial charge in [-0.1, -0.05) is 12.1 Å². The molecule has 0 bridgehead atoms. The van der Waals surface area contributed by atoms with Crippen LogP contribution in [-0.4, -0.2) is 24.7 Å². The van der Waals surface area contributed by atoms with Crippen LogP contribution in [0.2, 0.25) is 0 Å². The Morgan fingerprint density at radius 2 is 2.00 bits per heavy atom. The van der Waals surface area contributed by atoms with Crippen LogP contribution in [-0.2, 0) is 4.74 Å². The maximum absolute atomic E-state index is 11.7. The molecule has 0 aliphatic heterocycles. The minimum atomic E-state index is -0.445. The van der Waals surface area contributed by atoms with Crippen molar-refractivity contribution in [2.45, 2.75) is 6.92 Å². The monoisotopic (exact) mass is 260 g/mol. The minimum Gasteiger partial charge on any atom is -0.497 e. The molecule has 3 N–H and O–H groups in total. The molecule has 0 unspecified atom stereocenters. The third kappa shape index (κ3) is 2.54. The number of carbonyl (C=O) groups is 1. The highest BCUT2D eigenvalue weighted by atomic mass is 16.5. The quantitative estimate of drug-likeness (QED) is 0.828. The Hall–Kier alpha value is -2.43. The molecule has 5 heteroatoms. The van der Waals surface area contributed by atoms with Gasteiger partial charge in [0.2, 0.25) is 0 Å². The third-order valence-electron chi connectivity index (χ3n) is 2.80. The van der Waals surface area contributed by atoms with Gasteiger partial charge in [0.15, 0.2) is 0 Å². The van der Waals surface area contributed by atoms with Crippen molar-refractivity contribution in [2.75, 3.05) is 19.5 Å². The Kier molecular flexibility index (Phi) is 3.75. The highest BCUT2D eigenvalue weighted by molar-refractivity contribution is 5.98. The number of H-pyrrole nitrogens is 1. The molecule has 2 aromatic rings. The van der Waals surface area contributed by atoms with Crippen LogP contribution in [0.3, 0.4) is 0 Å². The van der Waals surface area contributed by atoms with Gasteiger partial charge in [0.05, 0.1) is 19.4 Å². The number of aromatic amines is 1. The van der Waals surface area contributed by atoms with Gasteiger partial charge in [0.25, 0.3) is 0 Å². The number of anilines is 1. The highest BCUT2D eigenvalue weighted by Crippen LogP contribution is 2.30. The molecular formula is C14H16N2O3. The van der Waals surface area contributed by atoms with E-state index in [-0.39, 0.29) is 5.69 Å². The number of ether oxygens (including phenoxy) is 2. The van der Waals surface area contributed by atoms with E-state index in [2.05, 4.69) is 4.98 Å². The summed E-state index contributed by atoms with van der Waals surface area (Å²) in [4.78, 5) is 14.5. The van der Waals surface area contributed by atoms with Crippen molar-refractivity contribution in [1.82, 2.24) is 4.98 Å². The van der Waals surface area contributed by atoms with E-state index in [1.807, 2.05) is 24.3 Å². The maximum Gasteiger partial charge on any atom is 0.356 e. The van der Waals surface area contributed by atoms with Crippen molar-refractivity contribution in [2.24, 2.45) is 0 Å². The fourth-order valence-corrected chi connectivity index (χ4v) is 1.82. The van der Waals surface area contributed by atoms with Gasteiger partial charge in [-0.3, -0.25) is 0 Å². The van der Waals surface area contributed by atoms with Crippen LogP contribution >= 0.6 is 0 Å². The average molecular weight is 260 g/mol. The molecule has 0 saturated carbocycles. The summed E-state index contributed by atoms with van der Waals surface area (Å²) < 4.78 is 10.0. The summed E-state index contributed by atoms with van der Waals surface area (Å²) in [5.41, 5.74) is 8.33. The van der Waals surface area contributed by atoms with Gasteiger partial charge in [0, 0.05) is 11.8 Å². The molecule has 5 nitrogen and oxygen atoms in total. The standard InChI is InChI=1S/C14H16N2O3/c1-3-19-14(17)13-12(15)11(8-16-13)9-4-6-10(18-2)7-5-9/h4-8,16H,3,15H2,1-2H3. The number of nitrogens with one attached hydrogen (secondary N) is 1. The summed E-state index contributed by atoms with van der Waals surface area (Å²) in [6.45, 7) is 2.07. The first-order valence-electron chi connectivity index (χ1n) is 5.95. The molecule has 1 heterocycles. The van der Waals surface area contributed by atoms with Gasteiger partial charge in [-0.2, -0.15) is 0 Å². The normalized spacial score (nSPS) is 10.2. The summed E-state index contributed by atoms with van der Waals surface area (Å²) in [5.74, 6) is 0.322. The van der Waals surface area contributed by atoms with Crippen molar-refractivity contribution < 1.29 is 14.3 Å².